The third kappa shape index (κ3) is 2.59. The highest BCUT2D eigenvalue weighted by atomic mass is 16.2. The van der Waals surface area contributed by atoms with Gasteiger partial charge in [-0.25, -0.2) is 10.2 Å². The number of hydrogen-bond acceptors (Lipinski definition) is 2. The number of aryl methyl sites for hydroxylation is 1. The van der Waals surface area contributed by atoms with Crippen LogP contribution in [0.3, 0.4) is 0 Å². The van der Waals surface area contributed by atoms with Crippen molar-refractivity contribution in [1.29, 1.82) is 0 Å². The Labute approximate surface area is 94.5 Å². The van der Waals surface area contributed by atoms with Crippen LogP contribution in [0.4, 0.5) is 4.79 Å². The first-order chi connectivity index (χ1) is 7.75. The molecule has 1 aliphatic carbocycles. The highest BCUT2D eigenvalue weighted by Crippen LogP contribution is 2.23. The number of hydrogen-bond donors (Lipinski definition) is 2. The molecule has 0 unspecified atom stereocenters. The topological polar surface area (TPSA) is 67.5 Å². The van der Waals surface area contributed by atoms with Crippen LogP contribution in [0.5, 0.6) is 0 Å². The Bertz CT molecular complexity index is 414. The van der Waals surface area contributed by atoms with E-state index in [1.165, 1.54) is 11.1 Å². The number of nitrogens with zero attached hydrogens (tertiary/aromatic N) is 1. The van der Waals surface area contributed by atoms with Crippen molar-refractivity contribution in [3.63, 3.8) is 0 Å². The zero-order chi connectivity index (χ0) is 11.4. The summed E-state index contributed by atoms with van der Waals surface area (Å²) in [5.41, 5.74) is 9.95. The lowest BCUT2D eigenvalue weighted by molar-refractivity contribution is 0.249. The van der Waals surface area contributed by atoms with E-state index in [1.807, 2.05) is 0 Å². The molecular formula is C12H15N3O. The van der Waals surface area contributed by atoms with E-state index in [1.54, 1.807) is 6.21 Å². The van der Waals surface area contributed by atoms with Crippen LogP contribution in [0.2, 0.25) is 0 Å². The van der Waals surface area contributed by atoms with E-state index in [4.69, 9.17) is 5.73 Å². The molecule has 0 radical (unpaired) electrons. The number of nitrogens with one attached hydrogen (secondary N) is 1. The molecule has 1 atom stereocenters. The molecule has 0 saturated carbocycles. The fourth-order valence-electron chi connectivity index (χ4n) is 2.06. The van der Waals surface area contributed by atoms with E-state index in [2.05, 4.69) is 34.8 Å². The maximum atomic E-state index is 10.4. The van der Waals surface area contributed by atoms with Gasteiger partial charge < -0.3 is 5.73 Å². The summed E-state index contributed by atoms with van der Waals surface area (Å²) in [5.74, 6) is 0.391. The fourth-order valence-corrected chi connectivity index (χ4v) is 2.06. The zero-order valence-corrected chi connectivity index (χ0v) is 9.02. The molecule has 0 saturated heterocycles. The van der Waals surface area contributed by atoms with Gasteiger partial charge in [0.25, 0.3) is 0 Å². The van der Waals surface area contributed by atoms with Crippen LogP contribution in [0.15, 0.2) is 29.4 Å². The van der Waals surface area contributed by atoms with Crippen molar-refractivity contribution in [3.8, 4) is 0 Å². The number of rotatable bonds is 2. The van der Waals surface area contributed by atoms with Crippen LogP contribution in [-0.2, 0) is 12.8 Å². The maximum Gasteiger partial charge on any atom is 0.332 e. The molecule has 4 heteroatoms. The Hall–Kier alpha value is -1.84. The Kier molecular flexibility index (Phi) is 3.19. The molecule has 0 fully saturated rings. The minimum atomic E-state index is -0.618. The number of nitrogens with two attached hydrogens (primary N) is 1. The predicted octanol–water partition coefficient (Wildman–Crippen LogP) is 1.45. The minimum Gasteiger partial charge on any atom is -0.350 e. The average Bonchev–Trinajstić information content (AvgIpc) is 2.28. The minimum absolute atomic E-state index is 0.391. The molecule has 3 N–H and O–H groups in total. The highest BCUT2D eigenvalue weighted by molar-refractivity contribution is 5.73. The summed E-state index contributed by atoms with van der Waals surface area (Å²) in [5, 5.41) is 3.82. The number of carbonyl (C=O) groups excluding carboxylic acids is 1. The first-order valence-corrected chi connectivity index (χ1v) is 5.41. The second-order valence-corrected chi connectivity index (χ2v) is 4.03. The van der Waals surface area contributed by atoms with E-state index < -0.39 is 6.03 Å². The van der Waals surface area contributed by atoms with Gasteiger partial charge in [-0.15, -0.1) is 0 Å². The number of urea groups is 1. The molecule has 16 heavy (non-hydrogen) atoms. The second kappa shape index (κ2) is 4.79. The Morgan fingerprint density at radius 3 is 2.94 bits per heavy atom. The summed E-state index contributed by atoms with van der Waals surface area (Å²) in [4.78, 5) is 10.4. The highest BCUT2D eigenvalue weighted by Gasteiger charge is 2.16. The number of amides is 2. The van der Waals surface area contributed by atoms with Crippen molar-refractivity contribution < 1.29 is 4.79 Å². The number of primary amides is 1. The lowest BCUT2D eigenvalue weighted by atomic mass is 9.85. The van der Waals surface area contributed by atoms with Gasteiger partial charge in [0.05, 0.1) is 0 Å². The van der Waals surface area contributed by atoms with Crippen molar-refractivity contribution in [2.24, 2.45) is 16.8 Å². The van der Waals surface area contributed by atoms with E-state index in [0.29, 0.717) is 5.92 Å². The number of benzene rings is 1. The molecule has 0 heterocycles. The molecule has 4 nitrogen and oxygen atoms in total. The maximum absolute atomic E-state index is 10.4. The normalized spacial score (nSPS) is 19.4. The van der Waals surface area contributed by atoms with Gasteiger partial charge in [-0.3, -0.25) is 0 Å². The van der Waals surface area contributed by atoms with Crippen molar-refractivity contribution in [3.05, 3.63) is 35.4 Å². The molecule has 1 aliphatic rings. The first-order valence-electron chi connectivity index (χ1n) is 5.41. The summed E-state index contributed by atoms with van der Waals surface area (Å²) in [6.07, 6.45) is 4.91. The Balaban J connectivity index is 1.97. The van der Waals surface area contributed by atoms with Crippen LogP contribution < -0.4 is 11.2 Å². The molecule has 2 rings (SSSR count). The molecule has 1 aromatic carbocycles. The van der Waals surface area contributed by atoms with Gasteiger partial charge in [-0.1, -0.05) is 24.3 Å². The smallest absolute Gasteiger partial charge is 0.332 e. The number of carbonyl (C=O) groups is 1. The van der Waals surface area contributed by atoms with Gasteiger partial charge in [0.15, 0.2) is 0 Å². The van der Waals surface area contributed by atoms with Gasteiger partial charge in [0, 0.05) is 12.1 Å². The molecule has 0 bridgehead atoms. The molecular weight excluding hydrogens is 202 g/mol. The van der Waals surface area contributed by atoms with Gasteiger partial charge in [0.2, 0.25) is 0 Å². The largest absolute Gasteiger partial charge is 0.350 e. The second-order valence-electron chi connectivity index (χ2n) is 4.03. The summed E-state index contributed by atoms with van der Waals surface area (Å²) < 4.78 is 0. The third-order valence-electron chi connectivity index (χ3n) is 2.85. The fraction of sp³-hybridized carbons (Fsp3) is 0.333. The van der Waals surface area contributed by atoms with Crippen LogP contribution in [0.25, 0.3) is 0 Å². The standard InChI is InChI=1S/C12H15N3O/c13-12(16)15-14-8-9-5-6-10-3-1-2-4-11(10)7-9/h1-4,8-9H,5-7H2,(H3,13,15,16)/b14-8-/t9-/m1/s1. The average molecular weight is 217 g/mol. The predicted molar refractivity (Wildman–Crippen MR) is 63.2 cm³/mol. The van der Waals surface area contributed by atoms with E-state index in [0.717, 1.165) is 19.3 Å². The monoisotopic (exact) mass is 217 g/mol. The molecule has 84 valence electrons. The summed E-state index contributed by atoms with van der Waals surface area (Å²) in [6.45, 7) is 0. The van der Waals surface area contributed by atoms with E-state index >= 15 is 0 Å². The molecule has 2 amide bonds. The third-order valence-corrected chi connectivity index (χ3v) is 2.85. The first kappa shape index (κ1) is 10.7. The number of fused-ring (bicyclic) bond motifs is 1. The van der Waals surface area contributed by atoms with Crippen LogP contribution >= 0.6 is 0 Å². The molecule has 1 aromatic rings. The van der Waals surface area contributed by atoms with Gasteiger partial charge >= 0.3 is 6.03 Å². The zero-order valence-electron chi connectivity index (χ0n) is 9.02. The molecule has 0 aliphatic heterocycles. The molecule has 0 aromatic heterocycles. The van der Waals surface area contributed by atoms with Gasteiger partial charge in [-0.2, -0.15) is 5.10 Å². The summed E-state index contributed by atoms with van der Waals surface area (Å²) in [6, 6.07) is 7.83. The summed E-state index contributed by atoms with van der Waals surface area (Å²) >= 11 is 0. The Morgan fingerprint density at radius 1 is 1.44 bits per heavy atom. The lowest BCUT2D eigenvalue weighted by Crippen LogP contribution is -2.25. The van der Waals surface area contributed by atoms with Crippen LogP contribution in [0.1, 0.15) is 17.5 Å². The number of hydrazone groups is 1. The lowest BCUT2D eigenvalue weighted by Gasteiger charge is -2.21. The Morgan fingerprint density at radius 2 is 2.19 bits per heavy atom. The summed E-state index contributed by atoms with van der Waals surface area (Å²) in [7, 11) is 0. The van der Waals surface area contributed by atoms with Crippen molar-refractivity contribution >= 4 is 12.2 Å². The SMILES string of the molecule is NC(=O)N/N=C\[C@@H]1CCc2ccccc2C1. The quantitative estimate of drug-likeness (QED) is 0.571. The van der Waals surface area contributed by atoms with Gasteiger partial charge in [-0.05, 0) is 30.4 Å². The van der Waals surface area contributed by atoms with Crippen molar-refractivity contribution in [1.82, 2.24) is 5.43 Å². The van der Waals surface area contributed by atoms with Crippen LogP contribution in [-0.4, -0.2) is 12.2 Å². The van der Waals surface area contributed by atoms with E-state index in [9.17, 15) is 4.79 Å². The van der Waals surface area contributed by atoms with Crippen molar-refractivity contribution in [2.75, 3.05) is 0 Å². The van der Waals surface area contributed by atoms with Crippen LogP contribution in [0, 0.1) is 5.92 Å². The molecule has 0 spiro atoms. The van der Waals surface area contributed by atoms with Gasteiger partial charge in [0.1, 0.15) is 0 Å². The van der Waals surface area contributed by atoms with E-state index in [-0.39, 0.29) is 0 Å². The van der Waals surface area contributed by atoms with Crippen molar-refractivity contribution in [2.45, 2.75) is 19.3 Å².